The number of fused-ring (bicyclic) bond motifs is 1. The molecule has 4 aromatic rings. The van der Waals surface area contributed by atoms with Crippen molar-refractivity contribution in [3.05, 3.63) is 117 Å². The van der Waals surface area contributed by atoms with Gasteiger partial charge in [0.1, 0.15) is 10.7 Å². The molecule has 252 valence electrons. The summed E-state index contributed by atoms with van der Waals surface area (Å²) in [7, 11) is 0. The minimum atomic E-state index is -0.569. The summed E-state index contributed by atoms with van der Waals surface area (Å²) >= 11 is 8.86. The smallest absolute Gasteiger partial charge is 0.341 e. The molecule has 0 fully saturated rings. The van der Waals surface area contributed by atoms with Gasteiger partial charge in [-0.25, -0.2) is 4.79 Å². The van der Waals surface area contributed by atoms with Gasteiger partial charge in [-0.05, 0) is 66.9 Å². The van der Waals surface area contributed by atoms with Crippen LogP contribution in [0.15, 0.2) is 89.5 Å². The molecule has 1 aliphatic rings. The van der Waals surface area contributed by atoms with Crippen molar-refractivity contribution in [2.45, 2.75) is 31.7 Å². The first-order chi connectivity index (χ1) is 23.6. The molecular weight excluding hydrogens is 684 g/mol. The Balaban J connectivity index is 1.27. The summed E-state index contributed by atoms with van der Waals surface area (Å²) in [6, 6.07) is 22.4. The normalized spacial score (nSPS) is 12.5. The Morgan fingerprint density at radius 3 is 2.47 bits per heavy atom. The van der Waals surface area contributed by atoms with Crippen molar-refractivity contribution >= 4 is 81.1 Å². The Hall–Kier alpha value is -4.91. The molecule has 0 atom stereocenters. The number of hydrogen-bond acceptors (Lipinski definition) is 8. The third-order valence-electron chi connectivity index (χ3n) is 7.43. The Morgan fingerprint density at radius 2 is 1.73 bits per heavy atom. The van der Waals surface area contributed by atoms with Gasteiger partial charge in [-0.1, -0.05) is 54.1 Å². The lowest BCUT2D eigenvalue weighted by Crippen LogP contribution is -2.34. The van der Waals surface area contributed by atoms with Gasteiger partial charge in [0.05, 0.1) is 24.5 Å². The van der Waals surface area contributed by atoms with Crippen LogP contribution >= 0.6 is 34.7 Å². The standard InChI is InChI=1S/C36H33ClN4O6S2/c1-3-47-36(46)32-27-16-17-41(22(2)42)20-30(27)49-35(32)40-31(43)21-48-26-14-9-13-25(19-26)38-34(45)29(18-24-12-7-8-15-28(24)37)39-33(44)23-10-5-4-6-11-23/h4-15,18-19H,3,16-17,20-21H2,1-2H3,(H,38,45)(H,39,44)(H,40,43)/b29-18+. The van der Waals surface area contributed by atoms with Crippen molar-refractivity contribution in [2.24, 2.45) is 0 Å². The van der Waals surface area contributed by atoms with Gasteiger partial charge in [0.15, 0.2) is 0 Å². The quantitative estimate of drug-likeness (QED) is 0.0902. The number of carbonyl (C=O) groups is 5. The molecule has 10 nitrogen and oxygen atoms in total. The summed E-state index contributed by atoms with van der Waals surface area (Å²) in [5.74, 6) is -1.90. The average molecular weight is 717 g/mol. The maximum Gasteiger partial charge on any atom is 0.341 e. The van der Waals surface area contributed by atoms with Gasteiger partial charge >= 0.3 is 5.97 Å². The van der Waals surface area contributed by atoms with E-state index < -0.39 is 17.8 Å². The van der Waals surface area contributed by atoms with Crippen LogP contribution in [0.4, 0.5) is 10.7 Å². The number of hydrogen-bond donors (Lipinski definition) is 3. The Labute approximate surface area is 296 Å². The maximum atomic E-state index is 13.5. The molecule has 0 bridgehead atoms. The van der Waals surface area contributed by atoms with Gasteiger partial charge in [-0.2, -0.15) is 0 Å². The van der Waals surface area contributed by atoms with E-state index in [1.165, 1.54) is 36.1 Å². The average Bonchev–Trinajstić information content (AvgIpc) is 3.45. The summed E-state index contributed by atoms with van der Waals surface area (Å²) in [6.45, 7) is 4.27. The molecule has 4 amide bonds. The van der Waals surface area contributed by atoms with E-state index in [4.69, 9.17) is 16.3 Å². The van der Waals surface area contributed by atoms with Gasteiger partial charge in [0.2, 0.25) is 11.8 Å². The molecule has 3 aromatic carbocycles. The molecule has 0 saturated carbocycles. The van der Waals surface area contributed by atoms with Crippen LogP contribution < -0.4 is 16.0 Å². The van der Waals surface area contributed by atoms with Crippen molar-refractivity contribution in [1.82, 2.24) is 10.2 Å². The molecule has 0 radical (unpaired) electrons. The fourth-order valence-electron chi connectivity index (χ4n) is 5.04. The minimum Gasteiger partial charge on any atom is -0.462 e. The molecule has 0 spiro atoms. The molecule has 0 unspecified atom stereocenters. The number of halogens is 1. The molecule has 49 heavy (non-hydrogen) atoms. The second kappa shape index (κ2) is 16.5. The van der Waals surface area contributed by atoms with Gasteiger partial charge in [-0.3, -0.25) is 19.2 Å². The molecular formula is C36H33ClN4O6S2. The van der Waals surface area contributed by atoms with Crippen molar-refractivity contribution in [2.75, 3.05) is 29.5 Å². The van der Waals surface area contributed by atoms with Gasteiger partial charge in [-0.15, -0.1) is 23.1 Å². The van der Waals surface area contributed by atoms with Crippen molar-refractivity contribution in [1.29, 1.82) is 0 Å². The van der Waals surface area contributed by atoms with E-state index in [1.807, 2.05) is 0 Å². The third-order valence-corrected chi connectivity index (χ3v) is 9.90. The highest BCUT2D eigenvalue weighted by Crippen LogP contribution is 2.38. The largest absolute Gasteiger partial charge is 0.462 e. The summed E-state index contributed by atoms with van der Waals surface area (Å²) in [4.78, 5) is 67.6. The number of nitrogens with zero attached hydrogens (tertiary/aromatic N) is 1. The number of benzene rings is 3. The zero-order valence-electron chi connectivity index (χ0n) is 26.7. The number of carbonyl (C=O) groups excluding carboxylic acids is 5. The molecule has 13 heteroatoms. The lowest BCUT2D eigenvalue weighted by Gasteiger charge is -2.25. The number of ether oxygens (including phenoxy) is 1. The highest BCUT2D eigenvalue weighted by atomic mass is 35.5. The molecule has 3 N–H and O–H groups in total. The second-order valence-corrected chi connectivity index (χ2v) is 13.4. The highest BCUT2D eigenvalue weighted by molar-refractivity contribution is 8.00. The van der Waals surface area contributed by atoms with E-state index in [0.717, 1.165) is 10.4 Å². The number of anilines is 2. The summed E-state index contributed by atoms with van der Waals surface area (Å²) in [5.41, 5.74) is 2.50. The van der Waals surface area contributed by atoms with E-state index in [9.17, 15) is 24.0 Å². The summed E-state index contributed by atoms with van der Waals surface area (Å²) in [5, 5.41) is 9.19. The van der Waals surface area contributed by atoms with Crippen molar-refractivity contribution in [3.63, 3.8) is 0 Å². The Morgan fingerprint density at radius 1 is 0.980 bits per heavy atom. The molecule has 2 heterocycles. The van der Waals surface area contributed by atoms with E-state index in [0.29, 0.717) is 56.8 Å². The number of thioether (sulfide) groups is 1. The van der Waals surface area contributed by atoms with E-state index >= 15 is 0 Å². The van der Waals surface area contributed by atoms with Gasteiger partial charge in [0.25, 0.3) is 11.8 Å². The lowest BCUT2D eigenvalue weighted by atomic mass is 10.0. The monoisotopic (exact) mass is 716 g/mol. The van der Waals surface area contributed by atoms with E-state index in [-0.39, 0.29) is 29.9 Å². The predicted molar refractivity (Wildman–Crippen MR) is 193 cm³/mol. The summed E-state index contributed by atoms with van der Waals surface area (Å²) in [6.07, 6.45) is 2.00. The third kappa shape index (κ3) is 9.17. The number of thiophene rings is 1. The first-order valence-electron chi connectivity index (χ1n) is 15.4. The highest BCUT2D eigenvalue weighted by Gasteiger charge is 2.30. The minimum absolute atomic E-state index is 0.0122. The fraction of sp³-hybridized carbons (Fsp3) is 0.194. The fourth-order valence-corrected chi connectivity index (χ4v) is 7.26. The first-order valence-corrected chi connectivity index (χ1v) is 17.5. The Kier molecular flexibility index (Phi) is 11.9. The van der Waals surface area contributed by atoms with Crippen LogP contribution in [0.1, 0.15) is 50.6 Å². The van der Waals surface area contributed by atoms with E-state index in [1.54, 1.807) is 90.7 Å². The van der Waals surface area contributed by atoms with Gasteiger partial charge < -0.3 is 25.6 Å². The van der Waals surface area contributed by atoms with Crippen LogP contribution in [0, 0.1) is 0 Å². The zero-order chi connectivity index (χ0) is 34.9. The van der Waals surface area contributed by atoms with Crippen LogP contribution in [-0.2, 0) is 32.1 Å². The number of rotatable bonds is 11. The molecule has 0 saturated heterocycles. The van der Waals surface area contributed by atoms with Crippen molar-refractivity contribution in [3.8, 4) is 0 Å². The second-order valence-electron chi connectivity index (χ2n) is 10.8. The van der Waals surface area contributed by atoms with E-state index in [2.05, 4.69) is 16.0 Å². The molecule has 1 aliphatic heterocycles. The van der Waals surface area contributed by atoms with Gasteiger partial charge in [0, 0.05) is 39.5 Å². The molecule has 0 aliphatic carbocycles. The summed E-state index contributed by atoms with van der Waals surface area (Å²) < 4.78 is 5.28. The lowest BCUT2D eigenvalue weighted by molar-refractivity contribution is -0.129. The topological polar surface area (TPSA) is 134 Å². The number of nitrogens with one attached hydrogen (secondary N) is 3. The zero-order valence-corrected chi connectivity index (χ0v) is 29.1. The van der Waals surface area contributed by atoms with Crippen LogP contribution in [0.5, 0.6) is 0 Å². The van der Waals surface area contributed by atoms with Crippen LogP contribution in [-0.4, -0.2) is 53.4 Å². The van der Waals surface area contributed by atoms with Crippen LogP contribution in [0.3, 0.4) is 0 Å². The SMILES string of the molecule is CCOC(=O)c1c(NC(=O)CSc2cccc(NC(=O)/C(=C\c3ccccc3Cl)NC(=O)c3ccccc3)c2)sc2c1CCN(C(C)=O)C2. The number of amides is 4. The molecule has 5 rings (SSSR count). The molecule has 1 aromatic heterocycles. The number of esters is 1. The van der Waals surface area contributed by atoms with Crippen LogP contribution in [0.2, 0.25) is 5.02 Å². The first kappa shape index (κ1) is 35.4. The predicted octanol–water partition coefficient (Wildman–Crippen LogP) is 6.62. The maximum absolute atomic E-state index is 13.5. The Bertz CT molecular complexity index is 1930. The van der Waals surface area contributed by atoms with Crippen LogP contribution in [0.25, 0.3) is 6.08 Å². The van der Waals surface area contributed by atoms with Crippen molar-refractivity contribution < 1.29 is 28.7 Å².